The van der Waals surface area contributed by atoms with Crippen LogP contribution in [-0.4, -0.2) is 43.2 Å². The molecule has 1 atom stereocenters. The Morgan fingerprint density at radius 3 is 3.04 bits per heavy atom. The smallest absolute Gasteiger partial charge is 0.222 e. The summed E-state index contributed by atoms with van der Waals surface area (Å²) in [6, 6.07) is 10.1. The topological polar surface area (TPSA) is 63.2 Å². The number of ether oxygens (including phenoxy) is 1. The van der Waals surface area contributed by atoms with E-state index >= 15 is 0 Å². The van der Waals surface area contributed by atoms with Gasteiger partial charge in [-0.1, -0.05) is 30.3 Å². The van der Waals surface area contributed by atoms with Gasteiger partial charge in [0.25, 0.3) is 0 Å². The van der Waals surface area contributed by atoms with Gasteiger partial charge in [-0.05, 0) is 0 Å². The molecule has 2 heterocycles. The number of carbonyl (C=O) groups excluding carboxylic acids is 1. The van der Waals surface area contributed by atoms with Gasteiger partial charge in [0.2, 0.25) is 5.91 Å². The number of thiazole rings is 1. The highest BCUT2D eigenvalue weighted by molar-refractivity contribution is 7.09. The molecule has 0 saturated carbocycles. The summed E-state index contributed by atoms with van der Waals surface area (Å²) in [6.07, 6.45) is 1.17. The van der Waals surface area contributed by atoms with Crippen LogP contribution in [0.2, 0.25) is 0 Å². The predicted molar refractivity (Wildman–Crippen MR) is 91.5 cm³/mol. The summed E-state index contributed by atoms with van der Waals surface area (Å²) >= 11 is 1.63. The van der Waals surface area contributed by atoms with Gasteiger partial charge in [-0.15, -0.1) is 11.3 Å². The number of nitrogens with one attached hydrogen (secondary N) is 2. The Bertz CT molecular complexity index is 624. The van der Waals surface area contributed by atoms with E-state index < -0.39 is 0 Å². The number of nitrogens with zero attached hydrogens (tertiary/aromatic N) is 1. The maximum atomic E-state index is 11.9. The van der Waals surface area contributed by atoms with Crippen molar-refractivity contribution in [2.24, 2.45) is 0 Å². The number of rotatable bonds is 6. The molecule has 1 aromatic heterocycles. The first-order valence-corrected chi connectivity index (χ1v) is 8.78. The maximum Gasteiger partial charge on any atom is 0.222 e. The van der Waals surface area contributed by atoms with E-state index in [0.717, 1.165) is 35.8 Å². The van der Waals surface area contributed by atoms with Crippen LogP contribution in [0.3, 0.4) is 0 Å². The fourth-order valence-electron chi connectivity index (χ4n) is 2.51. The molecule has 3 rings (SSSR count). The third kappa shape index (κ3) is 4.86. The largest absolute Gasteiger partial charge is 0.375 e. The van der Waals surface area contributed by atoms with E-state index in [1.165, 1.54) is 0 Å². The number of morpholine rings is 1. The standard InChI is InChI=1S/C17H21N3O2S/c21-16(10-14-11-18-8-9-22-14)19-7-6-17-20-15(12-23-17)13-4-2-1-3-5-13/h1-5,12,14,18H,6-11H2,(H,19,21)/t14-/m1/s1. The molecule has 1 aromatic carbocycles. The molecule has 23 heavy (non-hydrogen) atoms. The third-order valence-electron chi connectivity index (χ3n) is 3.70. The molecule has 1 aliphatic rings. The molecule has 0 unspecified atom stereocenters. The van der Waals surface area contributed by atoms with Gasteiger partial charge in [0.05, 0.1) is 29.8 Å². The van der Waals surface area contributed by atoms with E-state index in [-0.39, 0.29) is 12.0 Å². The van der Waals surface area contributed by atoms with Gasteiger partial charge in [-0.3, -0.25) is 4.79 Å². The lowest BCUT2D eigenvalue weighted by atomic mass is 10.2. The molecular formula is C17H21N3O2S. The summed E-state index contributed by atoms with van der Waals surface area (Å²) in [5.41, 5.74) is 2.12. The van der Waals surface area contributed by atoms with E-state index in [1.54, 1.807) is 11.3 Å². The van der Waals surface area contributed by atoms with Crippen molar-refractivity contribution in [1.82, 2.24) is 15.6 Å². The maximum absolute atomic E-state index is 11.9. The molecule has 2 aromatic rings. The summed E-state index contributed by atoms with van der Waals surface area (Å²) < 4.78 is 5.53. The Hall–Kier alpha value is -1.76. The van der Waals surface area contributed by atoms with Gasteiger partial charge in [0.15, 0.2) is 0 Å². The number of hydrogen-bond acceptors (Lipinski definition) is 5. The van der Waals surface area contributed by atoms with Crippen LogP contribution >= 0.6 is 11.3 Å². The van der Waals surface area contributed by atoms with Crippen LogP contribution in [0.5, 0.6) is 0 Å². The second-order valence-corrected chi connectivity index (χ2v) is 6.44. The van der Waals surface area contributed by atoms with Crippen molar-refractivity contribution in [2.45, 2.75) is 18.9 Å². The fourth-order valence-corrected chi connectivity index (χ4v) is 3.31. The average molecular weight is 331 g/mol. The molecule has 122 valence electrons. The highest BCUT2D eigenvalue weighted by atomic mass is 32.1. The summed E-state index contributed by atoms with van der Waals surface area (Å²) in [4.78, 5) is 16.5. The lowest BCUT2D eigenvalue weighted by molar-refractivity contribution is -0.124. The Kier molecular flexibility index (Phi) is 5.74. The molecule has 5 nitrogen and oxygen atoms in total. The minimum absolute atomic E-state index is 0.00621. The Balaban J connectivity index is 1.42. The average Bonchev–Trinajstić information content (AvgIpc) is 3.05. The van der Waals surface area contributed by atoms with Crippen LogP contribution in [0, 0.1) is 0 Å². The molecule has 1 saturated heterocycles. The van der Waals surface area contributed by atoms with Crippen molar-refractivity contribution in [1.29, 1.82) is 0 Å². The van der Waals surface area contributed by atoms with Crippen LogP contribution in [-0.2, 0) is 16.0 Å². The van der Waals surface area contributed by atoms with Crippen molar-refractivity contribution in [3.8, 4) is 11.3 Å². The van der Waals surface area contributed by atoms with Gasteiger partial charge >= 0.3 is 0 Å². The molecule has 1 fully saturated rings. The van der Waals surface area contributed by atoms with Gasteiger partial charge in [0.1, 0.15) is 0 Å². The Labute approximate surface area is 140 Å². The van der Waals surface area contributed by atoms with Gasteiger partial charge in [-0.2, -0.15) is 0 Å². The second kappa shape index (κ2) is 8.19. The number of carbonyl (C=O) groups is 1. The van der Waals surface area contributed by atoms with Crippen molar-refractivity contribution in [3.05, 3.63) is 40.7 Å². The zero-order chi connectivity index (χ0) is 15.9. The highest BCUT2D eigenvalue weighted by Crippen LogP contribution is 2.21. The van der Waals surface area contributed by atoms with E-state index in [1.807, 2.05) is 18.2 Å². The molecular weight excluding hydrogens is 310 g/mol. The molecule has 6 heteroatoms. The van der Waals surface area contributed by atoms with E-state index in [9.17, 15) is 4.79 Å². The molecule has 0 radical (unpaired) electrons. The van der Waals surface area contributed by atoms with Crippen molar-refractivity contribution >= 4 is 17.2 Å². The summed E-state index contributed by atoms with van der Waals surface area (Å²) in [5.74, 6) is 0.0403. The Morgan fingerprint density at radius 1 is 1.39 bits per heavy atom. The van der Waals surface area contributed by atoms with Crippen LogP contribution in [0.25, 0.3) is 11.3 Å². The molecule has 0 aliphatic carbocycles. The summed E-state index contributed by atoms with van der Waals surface area (Å²) in [6.45, 7) is 2.91. The Morgan fingerprint density at radius 2 is 2.26 bits per heavy atom. The monoisotopic (exact) mass is 331 g/mol. The van der Waals surface area contributed by atoms with Crippen LogP contribution in [0.4, 0.5) is 0 Å². The minimum Gasteiger partial charge on any atom is -0.375 e. The normalized spacial score (nSPS) is 17.8. The third-order valence-corrected chi connectivity index (χ3v) is 4.61. The minimum atomic E-state index is -0.00621. The second-order valence-electron chi connectivity index (χ2n) is 5.49. The van der Waals surface area contributed by atoms with Crippen LogP contribution in [0.1, 0.15) is 11.4 Å². The van der Waals surface area contributed by atoms with Gasteiger partial charge in [-0.25, -0.2) is 4.98 Å². The fraction of sp³-hybridized carbons (Fsp3) is 0.412. The summed E-state index contributed by atoms with van der Waals surface area (Å²) in [5, 5.41) is 9.28. The zero-order valence-electron chi connectivity index (χ0n) is 13.0. The van der Waals surface area contributed by atoms with E-state index in [2.05, 4.69) is 33.1 Å². The summed E-state index contributed by atoms with van der Waals surface area (Å²) in [7, 11) is 0. The van der Waals surface area contributed by atoms with E-state index in [0.29, 0.717) is 19.6 Å². The van der Waals surface area contributed by atoms with Crippen molar-refractivity contribution in [2.75, 3.05) is 26.2 Å². The van der Waals surface area contributed by atoms with E-state index in [4.69, 9.17) is 4.74 Å². The first-order chi connectivity index (χ1) is 11.3. The quantitative estimate of drug-likeness (QED) is 0.848. The number of benzene rings is 1. The van der Waals surface area contributed by atoms with Crippen molar-refractivity contribution < 1.29 is 9.53 Å². The number of hydrogen-bond donors (Lipinski definition) is 2. The highest BCUT2D eigenvalue weighted by Gasteiger charge is 2.17. The lowest BCUT2D eigenvalue weighted by Gasteiger charge is -2.22. The van der Waals surface area contributed by atoms with Crippen LogP contribution < -0.4 is 10.6 Å². The predicted octanol–water partition coefficient (Wildman–Crippen LogP) is 1.85. The lowest BCUT2D eigenvalue weighted by Crippen LogP contribution is -2.41. The van der Waals surface area contributed by atoms with Gasteiger partial charge in [0, 0.05) is 37.0 Å². The van der Waals surface area contributed by atoms with Crippen molar-refractivity contribution in [3.63, 3.8) is 0 Å². The molecule has 0 bridgehead atoms. The van der Waals surface area contributed by atoms with Gasteiger partial charge < -0.3 is 15.4 Å². The number of aromatic nitrogens is 1. The zero-order valence-corrected chi connectivity index (χ0v) is 13.8. The number of amides is 1. The first kappa shape index (κ1) is 16.1. The molecule has 1 aliphatic heterocycles. The molecule has 1 amide bonds. The first-order valence-electron chi connectivity index (χ1n) is 7.90. The molecule has 2 N–H and O–H groups in total. The SMILES string of the molecule is O=C(C[C@@H]1CNCCO1)NCCc1nc(-c2ccccc2)cs1. The van der Waals surface area contributed by atoms with Crippen LogP contribution in [0.15, 0.2) is 35.7 Å². The molecule has 0 spiro atoms.